The summed E-state index contributed by atoms with van der Waals surface area (Å²) in [7, 11) is 3.23. The molecule has 0 radical (unpaired) electrons. The van der Waals surface area contributed by atoms with Gasteiger partial charge < -0.3 is 19.3 Å². The number of methoxy groups -OCH3 is 2. The monoisotopic (exact) mass is 344 g/mol. The number of para-hydroxylation sites is 1. The second-order valence-corrected chi connectivity index (χ2v) is 7.68. The van der Waals surface area contributed by atoms with E-state index in [9.17, 15) is 4.79 Å². The quantitative estimate of drug-likeness (QED) is 0.842. The van der Waals surface area contributed by atoms with Crippen LogP contribution in [0.3, 0.4) is 0 Å². The number of carbonyl (C=O) groups is 1. The molecular formula is C20H28N2O3. The van der Waals surface area contributed by atoms with Crippen LogP contribution in [0.15, 0.2) is 24.3 Å². The maximum Gasteiger partial charge on any atom is 0.409 e. The summed E-state index contributed by atoms with van der Waals surface area (Å²) in [5, 5.41) is 0. The average Bonchev–Trinajstić information content (AvgIpc) is 3.10. The number of hydrogen-bond donors (Lipinski definition) is 0. The van der Waals surface area contributed by atoms with Gasteiger partial charge in [-0.15, -0.1) is 0 Å². The molecule has 3 atom stereocenters. The van der Waals surface area contributed by atoms with Crippen molar-refractivity contribution in [1.82, 2.24) is 9.80 Å². The number of amides is 1. The molecule has 4 rings (SSSR count). The Bertz CT molecular complexity index is 615. The Kier molecular flexibility index (Phi) is 4.59. The van der Waals surface area contributed by atoms with Gasteiger partial charge in [0.2, 0.25) is 0 Å². The van der Waals surface area contributed by atoms with Crippen molar-refractivity contribution in [2.75, 3.05) is 46.9 Å². The van der Waals surface area contributed by atoms with Crippen LogP contribution >= 0.6 is 0 Å². The molecule has 3 aliphatic rings. The zero-order valence-electron chi connectivity index (χ0n) is 15.2. The third-order valence-corrected chi connectivity index (χ3v) is 6.44. The predicted octanol–water partition coefficient (Wildman–Crippen LogP) is 2.82. The Morgan fingerprint density at radius 2 is 1.80 bits per heavy atom. The van der Waals surface area contributed by atoms with E-state index in [1.165, 1.54) is 45.1 Å². The van der Waals surface area contributed by atoms with Gasteiger partial charge in [0.25, 0.3) is 0 Å². The molecule has 0 N–H and O–H groups in total. The van der Waals surface area contributed by atoms with Gasteiger partial charge in [-0.1, -0.05) is 18.2 Å². The molecule has 0 spiro atoms. The highest BCUT2D eigenvalue weighted by atomic mass is 16.5. The third-order valence-electron chi connectivity index (χ3n) is 6.44. The number of ether oxygens (including phenoxy) is 2. The molecule has 1 aromatic rings. The number of nitrogens with zero attached hydrogens (tertiary/aromatic N) is 2. The van der Waals surface area contributed by atoms with E-state index in [0.29, 0.717) is 17.8 Å². The van der Waals surface area contributed by atoms with Crippen molar-refractivity contribution in [3.05, 3.63) is 29.8 Å². The Morgan fingerprint density at radius 1 is 1.12 bits per heavy atom. The summed E-state index contributed by atoms with van der Waals surface area (Å²) in [4.78, 5) is 16.1. The van der Waals surface area contributed by atoms with Crippen molar-refractivity contribution in [3.8, 4) is 5.75 Å². The molecule has 25 heavy (non-hydrogen) atoms. The van der Waals surface area contributed by atoms with Gasteiger partial charge in [-0.05, 0) is 61.2 Å². The lowest BCUT2D eigenvalue weighted by atomic mass is 9.88. The topological polar surface area (TPSA) is 42.0 Å². The third kappa shape index (κ3) is 3.22. The van der Waals surface area contributed by atoms with Crippen molar-refractivity contribution >= 4 is 6.09 Å². The largest absolute Gasteiger partial charge is 0.496 e. The molecule has 2 aliphatic heterocycles. The molecule has 0 aromatic heterocycles. The van der Waals surface area contributed by atoms with Gasteiger partial charge in [0.15, 0.2) is 0 Å². The molecule has 0 bridgehead atoms. The molecule has 1 amide bonds. The van der Waals surface area contributed by atoms with Crippen LogP contribution in [0.5, 0.6) is 5.75 Å². The molecule has 5 nitrogen and oxygen atoms in total. The zero-order chi connectivity index (χ0) is 17.4. The number of benzene rings is 1. The van der Waals surface area contributed by atoms with Crippen LogP contribution in [-0.4, -0.2) is 62.8 Å². The summed E-state index contributed by atoms with van der Waals surface area (Å²) in [6.07, 6.45) is 2.25. The van der Waals surface area contributed by atoms with Gasteiger partial charge >= 0.3 is 6.09 Å². The van der Waals surface area contributed by atoms with Gasteiger partial charge in [0.05, 0.1) is 14.2 Å². The SMILES string of the molecule is COC(=O)N1C[C@@H]2C(CN3CCC(c4ccccc4OC)CC3)[C@@H]2C1. The van der Waals surface area contributed by atoms with Gasteiger partial charge in [-0.3, -0.25) is 0 Å². The molecule has 5 heteroatoms. The normalized spacial score (nSPS) is 29.4. The standard InChI is InChI=1S/C20H28N2O3/c1-24-19-6-4-3-5-15(19)14-7-9-21(10-8-14)11-16-17-12-22(13-18(16)17)20(23)25-2/h3-6,14,16-18H,7-13H2,1-2H3/t16?,17-,18+. The summed E-state index contributed by atoms with van der Waals surface area (Å²) < 4.78 is 10.4. The fraction of sp³-hybridized carbons (Fsp3) is 0.650. The first-order valence-corrected chi connectivity index (χ1v) is 9.39. The summed E-state index contributed by atoms with van der Waals surface area (Å²) in [6.45, 7) is 5.31. The van der Waals surface area contributed by atoms with E-state index >= 15 is 0 Å². The number of rotatable bonds is 4. The first-order chi connectivity index (χ1) is 12.2. The van der Waals surface area contributed by atoms with E-state index in [1.54, 1.807) is 7.11 Å². The van der Waals surface area contributed by atoms with Gasteiger partial charge in [0, 0.05) is 19.6 Å². The molecule has 2 heterocycles. The van der Waals surface area contributed by atoms with E-state index in [2.05, 4.69) is 23.1 Å². The fourth-order valence-corrected chi connectivity index (χ4v) is 4.93. The summed E-state index contributed by atoms with van der Waals surface area (Å²) in [5.41, 5.74) is 1.36. The maximum absolute atomic E-state index is 11.6. The van der Waals surface area contributed by atoms with E-state index in [-0.39, 0.29) is 6.09 Å². The highest BCUT2D eigenvalue weighted by molar-refractivity contribution is 5.68. The molecule has 3 fully saturated rings. The summed E-state index contributed by atoms with van der Waals surface area (Å²) in [6, 6.07) is 8.44. The highest BCUT2D eigenvalue weighted by Gasteiger charge is 2.57. The minimum Gasteiger partial charge on any atom is -0.496 e. The zero-order valence-corrected chi connectivity index (χ0v) is 15.2. The number of piperidine rings is 2. The minimum absolute atomic E-state index is 0.163. The molecular weight excluding hydrogens is 316 g/mol. The lowest BCUT2D eigenvalue weighted by molar-refractivity contribution is 0.123. The van der Waals surface area contributed by atoms with Crippen molar-refractivity contribution < 1.29 is 14.3 Å². The summed E-state index contributed by atoms with van der Waals surface area (Å²) in [5.74, 6) is 3.82. The van der Waals surface area contributed by atoms with Gasteiger partial charge in [-0.25, -0.2) is 4.79 Å². The second kappa shape index (κ2) is 6.87. The van der Waals surface area contributed by atoms with Crippen LogP contribution < -0.4 is 4.74 Å². The number of likely N-dealkylation sites (tertiary alicyclic amines) is 2. The molecule has 2 saturated heterocycles. The van der Waals surface area contributed by atoms with Crippen LogP contribution in [0.4, 0.5) is 4.79 Å². The fourth-order valence-electron chi connectivity index (χ4n) is 4.93. The molecule has 1 aliphatic carbocycles. The number of hydrogen-bond acceptors (Lipinski definition) is 4. The Hall–Kier alpha value is -1.75. The Morgan fingerprint density at radius 3 is 2.44 bits per heavy atom. The lowest BCUT2D eigenvalue weighted by Gasteiger charge is -2.33. The molecule has 1 unspecified atom stereocenters. The van der Waals surface area contributed by atoms with Crippen LogP contribution in [0.2, 0.25) is 0 Å². The Balaban J connectivity index is 1.25. The maximum atomic E-state index is 11.6. The van der Waals surface area contributed by atoms with Gasteiger partial charge in [0.1, 0.15) is 5.75 Å². The molecule has 1 saturated carbocycles. The Labute approximate surface area is 149 Å². The van der Waals surface area contributed by atoms with Crippen LogP contribution in [0.1, 0.15) is 24.3 Å². The van der Waals surface area contributed by atoms with E-state index < -0.39 is 0 Å². The lowest BCUT2D eigenvalue weighted by Crippen LogP contribution is -2.37. The van der Waals surface area contributed by atoms with Crippen LogP contribution in [0.25, 0.3) is 0 Å². The first kappa shape index (κ1) is 16.7. The van der Waals surface area contributed by atoms with E-state index in [4.69, 9.17) is 9.47 Å². The van der Waals surface area contributed by atoms with Crippen molar-refractivity contribution in [3.63, 3.8) is 0 Å². The highest BCUT2D eigenvalue weighted by Crippen LogP contribution is 2.52. The smallest absolute Gasteiger partial charge is 0.409 e. The van der Waals surface area contributed by atoms with E-state index in [0.717, 1.165) is 24.8 Å². The van der Waals surface area contributed by atoms with Crippen molar-refractivity contribution in [1.29, 1.82) is 0 Å². The predicted molar refractivity (Wildman–Crippen MR) is 95.9 cm³/mol. The van der Waals surface area contributed by atoms with Crippen molar-refractivity contribution in [2.24, 2.45) is 17.8 Å². The van der Waals surface area contributed by atoms with Crippen molar-refractivity contribution in [2.45, 2.75) is 18.8 Å². The average molecular weight is 344 g/mol. The first-order valence-electron chi connectivity index (χ1n) is 9.39. The minimum atomic E-state index is -0.163. The number of carbonyl (C=O) groups excluding carboxylic acids is 1. The van der Waals surface area contributed by atoms with Gasteiger partial charge in [-0.2, -0.15) is 0 Å². The van der Waals surface area contributed by atoms with Crippen LogP contribution in [-0.2, 0) is 4.74 Å². The molecule has 1 aromatic carbocycles. The number of fused-ring (bicyclic) bond motifs is 1. The summed E-state index contributed by atoms with van der Waals surface area (Å²) >= 11 is 0. The van der Waals surface area contributed by atoms with E-state index in [1.807, 2.05) is 11.0 Å². The second-order valence-electron chi connectivity index (χ2n) is 7.68. The van der Waals surface area contributed by atoms with Crippen LogP contribution in [0, 0.1) is 17.8 Å². The molecule has 136 valence electrons.